The van der Waals surface area contributed by atoms with Gasteiger partial charge in [-0.2, -0.15) is 23.3 Å². The third-order valence-corrected chi connectivity index (χ3v) is 4.14. The van der Waals surface area contributed by atoms with E-state index in [1.807, 2.05) is 0 Å². The highest BCUT2D eigenvalue weighted by molar-refractivity contribution is 6.01. The number of benzene rings is 1. The van der Waals surface area contributed by atoms with Crippen molar-refractivity contribution >= 4 is 17.5 Å². The molecule has 0 spiro atoms. The number of fused-ring (bicyclic) bond motifs is 1. The van der Waals surface area contributed by atoms with Crippen molar-refractivity contribution in [3.63, 3.8) is 0 Å². The Morgan fingerprint density at radius 3 is 2.59 bits per heavy atom. The molecule has 1 N–H and O–H groups in total. The number of rotatable bonds is 3. The molecule has 4 aromatic rings. The Morgan fingerprint density at radius 1 is 1.10 bits per heavy atom. The van der Waals surface area contributed by atoms with Crippen LogP contribution in [-0.2, 0) is 6.18 Å². The molecule has 0 radical (unpaired) electrons. The summed E-state index contributed by atoms with van der Waals surface area (Å²) in [5, 5.41) is 10.7. The van der Waals surface area contributed by atoms with Crippen LogP contribution in [0.25, 0.3) is 11.5 Å². The highest BCUT2D eigenvalue weighted by Crippen LogP contribution is 2.34. The second-order valence-corrected chi connectivity index (χ2v) is 6.29. The Kier molecular flexibility index (Phi) is 4.29. The molecule has 29 heavy (non-hydrogen) atoms. The number of aromatic nitrogens is 6. The lowest BCUT2D eigenvalue weighted by Crippen LogP contribution is -2.18. The molecule has 1 aromatic carbocycles. The van der Waals surface area contributed by atoms with E-state index in [1.54, 1.807) is 19.9 Å². The fourth-order valence-electron chi connectivity index (χ4n) is 2.85. The molecule has 11 heteroatoms. The van der Waals surface area contributed by atoms with Crippen LogP contribution in [0.1, 0.15) is 27.6 Å². The molecule has 4 rings (SSSR count). The van der Waals surface area contributed by atoms with Crippen LogP contribution >= 0.6 is 0 Å². The van der Waals surface area contributed by atoms with E-state index in [0.717, 1.165) is 16.4 Å². The third kappa shape index (κ3) is 3.42. The van der Waals surface area contributed by atoms with Crippen LogP contribution in [0.2, 0.25) is 0 Å². The molecule has 148 valence electrons. The SMILES string of the molecule is Cc1cc(NC(=O)c2nc3nccc(C)n3n2)n(-c2ccccc2C(F)(F)F)n1. The van der Waals surface area contributed by atoms with E-state index in [-0.39, 0.29) is 23.1 Å². The molecule has 0 bridgehead atoms. The predicted molar refractivity (Wildman–Crippen MR) is 96.8 cm³/mol. The average molecular weight is 401 g/mol. The standard InChI is InChI=1S/C18H14F3N7O/c1-10-9-14(28(25-10)13-6-4-3-5-12(13)18(19,20)21)23-16(29)15-24-17-22-8-7-11(2)27(17)26-15/h3-9H,1-2H3,(H,23,29). The van der Waals surface area contributed by atoms with E-state index in [2.05, 4.69) is 25.5 Å². The smallest absolute Gasteiger partial charge is 0.304 e. The number of nitrogens with zero attached hydrogens (tertiary/aromatic N) is 6. The minimum atomic E-state index is -4.58. The number of para-hydroxylation sites is 1. The lowest BCUT2D eigenvalue weighted by Gasteiger charge is -2.14. The fraction of sp³-hybridized carbons (Fsp3) is 0.167. The first kappa shape index (κ1) is 18.6. The molecule has 8 nitrogen and oxygen atoms in total. The number of carbonyl (C=O) groups is 1. The molecule has 0 aliphatic heterocycles. The summed E-state index contributed by atoms with van der Waals surface area (Å²) < 4.78 is 42.6. The van der Waals surface area contributed by atoms with E-state index < -0.39 is 17.6 Å². The minimum Gasteiger partial charge on any atom is -0.304 e. The van der Waals surface area contributed by atoms with Gasteiger partial charge in [-0.05, 0) is 32.0 Å². The number of halogens is 3. The first-order valence-electron chi connectivity index (χ1n) is 8.47. The van der Waals surface area contributed by atoms with Gasteiger partial charge in [0.2, 0.25) is 5.82 Å². The van der Waals surface area contributed by atoms with Crippen LogP contribution in [0.3, 0.4) is 0 Å². The maximum atomic E-state index is 13.4. The number of anilines is 1. The molecule has 0 atom stereocenters. The topological polar surface area (TPSA) is 90.0 Å². The molecule has 0 saturated heterocycles. The van der Waals surface area contributed by atoms with E-state index in [0.29, 0.717) is 5.69 Å². The summed E-state index contributed by atoms with van der Waals surface area (Å²) in [6, 6.07) is 8.15. The molecule has 0 saturated carbocycles. The van der Waals surface area contributed by atoms with Gasteiger partial charge in [0.05, 0.1) is 16.9 Å². The van der Waals surface area contributed by atoms with Crippen LogP contribution in [0.5, 0.6) is 0 Å². The number of nitrogens with one attached hydrogen (secondary N) is 1. The molecule has 3 aromatic heterocycles. The Morgan fingerprint density at radius 2 is 1.86 bits per heavy atom. The van der Waals surface area contributed by atoms with Crippen molar-refractivity contribution in [3.8, 4) is 5.69 Å². The van der Waals surface area contributed by atoms with Gasteiger partial charge in [-0.1, -0.05) is 12.1 Å². The highest BCUT2D eigenvalue weighted by atomic mass is 19.4. The Hall–Kier alpha value is -3.76. The number of alkyl halides is 3. The van der Waals surface area contributed by atoms with Crippen LogP contribution < -0.4 is 5.32 Å². The first-order chi connectivity index (χ1) is 13.7. The lowest BCUT2D eigenvalue weighted by molar-refractivity contribution is -0.137. The summed E-state index contributed by atoms with van der Waals surface area (Å²) in [5.41, 5.74) is 0.0763. The van der Waals surface area contributed by atoms with Gasteiger partial charge in [-0.25, -0.2) is 14.2 Å². The first-order valence-corrected chi connectivity index (χ1v) is 8.47. The summed E-state index contributed by atoms with van der Waals surface area (Å²) in [6.07, 6.45) is -3.04. The maximum absolute atomic E-state index is 13.4. The van der Waals surface area contributed by atoms with Crippen molar-refractivity contribution in [3.05, 3.63) is 65.4 Å². The molecule has 0 unspecified atom stereocenters. The van der Waals surface area contributed by atoms with Gasteiger partial charge in [0.15, 0.2) is 0 Å². The van der Waals surface area contributed by atoms with Gasteiger partial charge in [0, 0.05) is 18.0 Å². The van der Waals surface area contributed by atoms with Gasteiger partial charge in [-0.3, -0.25) is 4.79 Å². The van der Waals surface area contributed by atoms with Crippen LogP contribution in [0, 0.1) is 13.8 Å². The molecule has 1 amide bonds. The van der Waals surface area contributed by atoms with E-state index >= 15 is 0 Å². The largest absolute Gasteiger partial charge is 0.418 e. The third-order valence-electron chi connectivity index (χ3n) is 4.14. The minimum absolute atomic E-state index is 0.0627. The Bertz CT molecular complexity index is 1230. The van der Waals surface area contributed by atoms with Crippen molar-refractivity contribution in [2.45, 2.75) is 20.0 Å². The summed E-state index contributed by atoms with van der Waals surface area (Å²) in [7, 11) is 0. The van der Waals surface area contributed by atoms with Gasteiger partial charge in [-0.15, -0.1) is 5.10 Å². The van der Waals surface area contributed by atoms with Gasteiger partial charge >= 0.3 is 6.18 Å². The monoisotopic (exact) mass is 401 g/mol. The number of aryl methyl sites for hydroxylation is 2. The van der Waals surface area contributed by atoms with Crippen molar-refractivity contribution < 1.29 is 18.0 Å². The molecular formula is C18H14F3N7O. The zero-order valence-electron chi connectivity index (χ0n) is 15.3. The summed E-state index contributed by atoms with van der Waals surface area (Å²) in [6.45, 7) is 3.39. The van der Waals surface area contributed by atoms with Crippen molar-refractivity contribution in [2.75, 3.05) is 5.32 Å². The quantitative estimate of drug-likeness (QED) is 0.569. The summed E-state index contributed by atoms with van der Waals surface area (Å²) in [4.78, 5) is 20.7. The normalized spacial score (nSPS) is 11.8. The van der Waals surface area contributed by atoms with Crippen LogP contribution in [0.4, 0.5) is 19.0 Å². The second-order valence-electron chi connectivity index (χ2n) is 6.29. The van der Waals surface area contributed by atoms with Gasteiger partial charge in [0.25, 0.3) is 11.7 Å². The van der Waals surface area contributed by atoms with Gasteiger partial charge < -0.3 is 5.32 Å². The zero-order valence-corrected chi connectivity index (χ0v) is 15.3. The molecule has 0 aliphatic carbocycles. The Balaban J connectivity index is 1.73. The molecule has 3 heterocycles. The number of amides is 1. The molecule has 0 aliphatic rings. The molecule has 0 fully saturated rings. The highest BCUT2D eigenvalue weighted by Gasteiger charge is 2.34. The van der Waals surface area contributed by atoms with Crippen molar-refractivity contribution in [2.24, 2.45) is 0 Å². The number of carbonyl (C=O) groups excluding carboxylic acids is 1. The fourth-order valence-corrected chi connectivity index (χ4v) is 2.85. The molecular weight excluding hydrogens is 387 g/mol. The van der Waals surface area contributed by atoms with Crippen molar-refractivity contribution in [1.82, 2.24) is 29.4 Å². The van der Waals surface area contributed by atoms with Gasteiger partial charge in [0.1, 0.15) is 5.82 Å². The zero-order chi connectivity index (χ0) is 20.8. The van der Waals surface area contributed by atoms with Crippen LogP contribution in [0.15, 0.2) is 42.6 Å². The van der Waals surface area contributed by atoms with Crippen molar-refractivity contribution in [1.29, 1.82) is 0 Å². The lowest BCUT2D eigenvalue weighted by atomic mass is 10.1. The number of hydrogen-bond donors (Lipinski definition) is 1. The van der Waals surface area contributed by atoms with E-state index in [4.69, 9.17) is 0 Å². The summed E-state index contributed by atoms with van der Waals surface area (Å²) >= 11 is 0. The predicted octanol–water partition coefficient (Wildman–Crippen LogP) is 3.20. The van der Waals surface area contributed by atoms with Crippen LogP contribution in [-0.4, -0.2) is 35.3 Å². The summed E-state index contributed by atoms with van der Waals surface area (Å²) in [5.74, 6) is -0.558. The maximum Gasteiger partial charge on any atom is 0.418 e. The van der Waals surface area contributed by atoms with E-state index in [9.17, 15) is 18.0 Å². The van der Waals surface area contributed by atoms with E-state index in [1.165, 1.54) is 35.0 Å². The number of hydrogen-bond acceptors (Lipinski definition) is 5. The Labute approximate surface area is 162 Å². The second kappa shape index (κ2) is 6.69. The average Bonchev–Trinajstić information content (AvgIpc) is 3.25.